The van der Waals surface area contributed by atoms with Crippen molar-refractivity contribution >= 4 is 21.6 Å². The zero-order valence-electron chi connectivity index (χ0n) is 12.6. The molecule has 0 atom stereocenters. The van der Waals surface area contributed by atoms with E-state index in [1.165, 1.54) is 0 Å². The molecule has 1 fully saturated rings. The minimum absolute atomic E-state index is 0.0414. The van der Waals surface area contributed by atoms with Gasteiger partial charge >= 0.3 is 0 Å². The van der Waals surface area contributed by atoms with Gasteiger partial charge in [-0.15, -0.1) is 0 Å². The number of hydrogen-bond donors (Lipinski definition) is 1. The van der Waals surface area contributed by atoms with E-state index in [-0.39, 0.29) is 36.4 Å². The van der Waals surface area contributed by atoms with Crippen molar-refractivity contribution in [2.75, 3.05) is 37.0 Å². The van der Waals surface area contributed by atoms with Gasteiger partial charge in [-0.1, -0.05) is 13.8 Å². The fraction of sp³-hybridized carbons (Fsp3) is 0.571. The van der Waals surface area contributed by atoms with E-state index in [2.05, 4.69) is 10.3 Å². The summed E-state index contributed by atoms with van der Waals surface area (Å²) in [5, 5.41) is 2.96. The highest BCUT2D eigenvalue weighted by Gasteiger charge is 2.26. The van der Waals surface area contributed by atoms with Gasteiger partial charge in [-0.25, -0.2) is 13.4 Å². The van der Waals surface area contributed by atoms with E-state index in [0.717, 1.165) is 5.69 Å². The largest absolute Gasteiger partial charge is 0.373 e. The van der Waals surface area contributed by atoms with Gasteiger partial charge in [0.1, 0.15) is 5.82 Å². The predicted octanol–water partition coefficient (Wildman–Crippen LogP) is 1.12. The Labute approximate surface area is 125 Å². The van der Waals surface area contributed by atoms with Gasteiger partial charge in [-0.05, 0) is 18.1 Å². The average Bonchev–Trinajstić information content (AvgIpc) is 2.46. The summed E-state index contributed by atoms with van der Waals surface area (Å²) in [6, 6.07) is 3.49. The molecule has 21 heavy (non-hydrogen) atoms. The molecule has 1 amide bonds. The van der Waals surface area contributed by atoms with E-state index >= 15 is 0 Å². The second kappa shape index (κ2) is 6.01. The summed E-state index contributed by atoms with van der Waals surface area (Å²) in [6.07, 6.45) is 0. The van der Waals surface area contributed by atoms with Crippen LogP contribution >= 0.6 is 0 Å². The summed E-state index contributed by atoms with van der Waals surface area (Å²) in [7, 11) is -1.23. The minimum atomic E-state index is -2.98. The number of sulfone groups is 1. The number of amides is 1. The first kappa shape index (κ1) is 15.8. The average molecular weight is 311 g/mol. The van der Waals surface area contributed by atoms with Gasteiger partial charge in [0.15, 0.2) is 9.84 Å². The van der Waals surface area contributed by atoms with Crippen molar-refractivity contribution < 1.29 is 13.2 Å². The van der Waals surface area contributed by atoms with Crippen LogP contribution in [0.1, 0.15) is 35.8 Å². The Kier molecular flexibility index (Phi) is 4.51. The molecule has 1 aromatic heterocycles. The van der Waals surface area contributed by atoms with E-state index in [0.29, 0.717) is 11.4 Å². The number of nitrogens with one attached hydrogen (secondary N) is 1. The fourth-order valence-electron chi connectivity index (χ4n) is 2.20. The van der Waals surface area contributed by atoms with Gasteiger partial charge in [0.2, 0.25) is 0 Å². The highest BCUT2D eigenvalue weighted by Crippen LogP contribution is 2.19. The third-order valence-electron chi connectivity index (χ3n) is 3.57. The zero-order valence-corrected chi connectivity index (χ0v) is 13.4. The molecule has 0 radical (unpaired) electrons. The van der Waals surface area contributed by atoms with E-state index in [9.17, 15) is 13.2 Å². The number of anilines is 1. The zero-order chi connectivity index (χ0) is 15.6. The maximum Gasteiger partial charge on any atom is 0.254 e. The lowest BCUT2D eigenvalue weighted by Crippen LogP contribution is -2.43. The number of hydrogen-bond acceptors (Lipinski definition) is 5. The van der Waals surface area contributed by atoms with Gasteiger partial charge in [-0.2, -0.15) is 0 Å². The molecule has 2 rings (SSSR count). The molecule has 1 N–H and O–H groups in total. The fourth-order valence-corrected chi connectivity index (χ4v) is 3.40. The predicted molar refractivity (Wildman–Crippen MR) is 82.4 cm³/mol. The van der Waals surface area contributed by atoms with Crippen LogP contribution in [0.2, 0.25) is 0 Å². The topological polar surface area (TPSA) is 79.4 Å². The smallest absolute Gasteiger partial charge is 0.254 e. The maximum absolute atomic E-state index is 12.5. The van der Waals surface area contributed by atoms with Crippen molar-refractivity contribution in [1.82, 2.24) is 9.88 Å². The molecule has 0 aromatic carbocycles. The van der Waals surface area contributed by atoms with Crippen LogP contribution in [-0.2, 0) is 9.84 Å². The van der Waals surface area contributed by atoms with Gasteiger partial charge in [0, 0.05) is 31.4 Å². The first-order valence-corrected chi connectivity index (χ1v) is 8.84. The Hall–Kier alpha value is -1.63. The van der Waals surface area contributed by atoms with Crippen LogP contribution in [0.25, 0.3) is 0 Å². The first-order chi connectivity index (χ1) is 9.82. The molecule has 0 aliphatic carbocycles. The summed E-state index contributed by atoms with van der Waals surface area (Å²) in [6.45, 7) is 4.55. The SMILES string of the molecule is CNc1cc(C(=O)N2CCS(=O)(=O)CC2)cc(C(C)C)n1. The Bertz CT molecular complexity index is 627. The molecular formula is C14H21N3O3S. The van der Waals surface area contributed by atoms with Crippen LogP contribution in [0.3, 0.4) is 0 Å². The quantitative estimate of drug-likeness (QED) is 0.905. The second-order valence-corrected chi connectivity index (χ2v) is 7.82. The molecule has 0 spiro atoms. The molecule has 1 saturated heterocycles. The first-order valence-electron chi connectivity index (χ1n) is 7.02. The van der Waals surface area contributed by atoms with Crippen LogP contribution in [0, 0.1) is 0 Å². The number of aromatic nitrogens is 1. The third kappa shape index (κ3) is 3.72. The maximum atomic E-state index is 12.5. The molecule has 1 aliphatic heterocycles. The lowest BCUT2D eigenvalue weighted by Gasteiger charge is -2.27. The minimum Gasteiger partial charge on any atom is -0.373 e. The van der Waals surface area contributed by atoms with Crippen LogP contribution in [-0.4, -0.2) is 55.9 Å². The molecule has 0 bridgehead atoms. The van der Waals surface area contributed by atoms with Crippen molar-refractivity contribution in [3.63, 3.8) is 0 Å². The Balaban J connectivity index is 2.25. The number of pyridine rings is 1. The molecule has 1 aromatic rings. The van der Waals surface area contributed by atoms with Crippen LogP contribution < -0.4 is 5.32 Å². The van der Waals surface area contributed by atoms with Gasteiger partial charge < -0.3 is 10.2 Å². The number of carbonyl (C=O) groups is 1. The van der Waals surface area contributed by atoms with Gasteiger partial charge in [0.05, 0.1) is 11.5 Å². The van der Waals surface area contributed by atoms with Crippen LogP contribution in [0.5, 0.6) is 0 Å². The monoisotopic (exact) mass is 311 g/mol. The molecule has 2 heterocycles. The van der Waals surface area contributed by atoms with Crippen molar-refractivity contribution in [3.8, 4) is 0 Å². The van der Waals surface area contributed by atoms with Gasteiger partial charge in [-0.3, -0.25) is 4.79 Å². The second-order valence-electron chi connectivity index (χ2n) is 5.51. The Morgan fingerprint density at radius 2 is 1.90 bits per heavy atom. The van der Waals surface area contributed by atoms with Crippen molar-refractivity contribution in [2.45, 2.75) is 19.8 Å². The van der Waals surface area contributed by atoms with Crippen molar-refractivity contribution in [1.29, 1.82) is 0 Å². The molecule has 116 valence electrons. The Morgan fingerprint density at radius 1 is 1.29 bits per heavy atom. The van der Waals surface area contributed by atoms with Crippen LogP contribution in [0.15, 0.2) is 12.1 Å². The van der Waals surface area contributed by atoms with E-state index in [1.807, 2.05) is 13.8 Å². The lowest BCUT2D eigenvalue weighted by molar-refractivity contribution is 0.0770. The summed E-state index contributed by atoms with van der Waals surface area (Å²) >= 11 is 0. The molecule has 0 saturated carbocycles. The van der Waals surface area contributed by atoms with E-state index < -0.39 is 9.84 Å². The molecule has 6 nitrogen and oxygen atoms in total. The van der Waals surface area contributed by atoms with Crippen LogP contribution in [0.4, 0.5) is 5.82 Å². The van der Waals surface area contributed by atoms with Gasteiger partial charge in [0.25, 0.3) is 5.91 Å². The summed E-state index contributed by atoms with van der Waals surface area (Å²) < 4.78 is 22.9. The summed E-state index contributed by atoms with van der Waals surface area (Å²) in [5.74, 6) is 0.811. The number of carbonyl (C=O) groups excluding carboxylic acids is 1. The van der Waals surface area contributed by atoms with E-state index in [4.69, 9.17) is 0 Å². The molecule has 0 unspecified atom stereocenters. The molecule has 7 heteroatoms. The highest BCUT2D eigenvalue weighted by molar-refractivity contribution is 7.91. The third-order valence-corrected chi connectivity index (χ3v) is 5.18. The lowest BCUT2D eigenvalue weighted by atomic mass is 10.1. The molecule has 1 aliphatic rings. The highest BCUT2D eigenvalue weighted by atomic mass is 32.2. The normalized spacial score (nSPS) is 17.8. The van der Waals surface area contributed by atoms with Crippen molar-refractivity contribution in [3.05, 3.63) is 23.4 Å². The van der Waals surface area contributed by atoms with E-state index in [1.54, 1.807) is 24.1 Å². The summed E-state index contributed by atoms with van der Waals surface area (Å²) in [5.41, 5.74) is 1.40. The summed E-state index contributed by atoms with van der Waals surface area (Å²) in [4.78, 5) is 18.6. The standard InChI is InChI=1S/C14H21N3O3S/c1-10(2)12-8-11(9-13(15-3)16-12)14(18)17-4-6-21(19,20)7-5-17/h8-10H,4-7H2,1-3H3,(H,15,16). The van der Waals surface area contributed by atoms with Crippen molar-refractivity contribution in [2.24, 2.45) is 0 Å². The number of nitrogens with zero attached hydrogens (tertiary/aromatic N) is 2. The molecular weight excluding hydrogens is 290 g/mol. The number of rotatable bonds is 3. The Morgan fingerprint density at radius 3 is 2.43 bits per heavy atom.